The molecule has 0 saturated heterocycles. The van der Waals surface area contributed by atoms with Crippen LogP contribution in [-0.4, -0.2) is 17.1 Å². The third-order valence-electron chi connectivity index (χ3n) is 7.31. The molecule has 1 aliphatic heterocycles. The quantitative estimate of drug-likeness (QED) is 0.200. The molecular weight excluding hydrogens is 606 g/mol. The van der Waals surface area contributed by atoms with Gasteiger partial charge in [0.1, 0.15) is 18.1 Å². The van der Waals surface area contributed by atoms with Crippen molar-refractivity contribution < 1.29 is 14.3 Å². The SMILES string of the molecule is CCOc1ccc([C@@H]2C(C(=O)Nc3ccccc3)=C(C)N=c3s/c(=C/c4cccc(OCc5ccccc5Cl)c4)c(=O)n32)cc1. The monoisotopic (exact) mass is 635 g/mol. The standard InChI is InChI=1S/C36H30ClN3O4S/c1-3-43-28-18-16-25(17-19-28)33-32(34(41)39-27-12-5-4-6-13-27)23(2)38-36-40(33)35(42)31(45-36)21-24-10-9-14-29(20-24)44-22-26-11-7-8-15-30(26)37/h4-21,33H,3,22H2,1-2H3,(H,39,41)/b31-21+/t33-/m1/s1. The van der Waals surface area contributed by atoms with E-state index in [2.05, 4.69) is 5.32 Å². The highest BCUT2D eigenvalue weighted by Gasteiger charge is 2.32. The lowest BCUT2D eigenvalue weighted by molar-refractivity contribution is -0.113. The number of rotatable bonds is 9. The number of benzene rings is 4. The molecule has 0 bridgehead atoms. The molecule has 1 N–H and O–H groups in total. The predicted molar refractivity (Wildman–Crippen MR) is 179 cm³/mol. The Balaban J connectivity index is 1.38. The number of aromatic nitrogens is 1. The highest BCUT2D eigenvalue weighted by atomic mass is 35.5. The Labute approximate surface area is 269 Å². The first kappa shape index (κ1) is 30.1. The van der Waals surface area contributed by atoms with Gasteiger partial charge in [-0.15, -0.1) is 0 Å². The maximum Gasteiger partial charge on any atom is 0.271 e. The van der Waals surface area contributed by atoms with Gasteiger partial charge in [0.05, 0.1) is 28.5 Å². The smallest absolute Gasteiger partial charge is 0.271 e. The van der Waals surface area contributed by atoms with Crippen molar-refractivity contribution in [1.82, 2.24) is 4.57 Å². The normalized spacial score (nSPS) is 14.5. The number of hydrogen-bond donors (Lipinski definition) is 1. The summed E-state index contributed by atoms with van der Waals surface area (Å²) in [5.74, 6) is 1.04. The first-order chi connectivity index (χ1) is 21.9. The van der Waals surface area contributed by atoms with Gasteiger partial charge in [-0.25, -0.2) is 4.99 Å². The highest BCUT2D eigenvalue weighted by molar-refractivity contribution is 7.07. The number of amides is 1. The lowest BCUT2D eigenvalue weighted by Crippen LogP contribution is -2.40. The minimum Gasteiger partial charge on any atom is -0.494 e. The summed E-state index contributed by atoms with van der Waals surface area (Å²) in [5.41, 5.74) is 3.82. The van der Waals surface area contributed by atoms with Gasteiger partial charge < -0.3 is 14.8 Å². The number of ether oxygens (including phenoxy) is 2. The molecule has 0 saturated carbocycles. The molecule has 1 atom stereocenters. The molecule has 0 unspecified atom stereocenters. The summed E-state index contributed by atoms with van der Waals surface area (Å²) in [6.45, 7) is 4.58. The number of carbonyl (C=O) groups excluding carboxylic acids is 1. The first-order valence-corrected chi connectivity index (χ1v) is 15.7. The zero-order valence-electron chi connectivity index (χ0n) is 24.7. The highest BCUT2D eigenvalue weighted by Crippen LogP contribution is 2.32. The number of anilines is 1. The molecule has 5 aromatic rings. The number of thiazole rings is 1. The van der Waals surface area contributed by atoms with Crippen LogP contribution >= 0.6 is 22.9 Å². The van der Waals surface area contributed by atoms with Crippen LogP contribution in [-0.2, 0) is 11.4 Å². The summed E-state index contributed by atoms with van der Waals surface area (Å²) >= 11 is 7.57. The van der Waals surface area contributed by atoms with E-state index in [1.165, 1.54) is 11.3 Å². The Kier molecular flexibility index (Phi) is 8.96. The minimum atomic E-state index is -0.687. The zero-order valence-corrected chi connectivity index (χ0v) is 26.3. The second kappa shape index (κ2) is 13.4. The van der Waals surface area contributed by atoms with E-state index in [0.717, 1.165) is 16.7 Å². The predicted octanol–water partition coefficient (Wildman–Crippen LogP) is 6.51. The molecule has 1 aliphatic rings. The van der Waals surface area contributed by atoms with E-state index in [1.54, 1.807) is 11.5 Å². The fourth-order valence-corrected chi connectivity index (χ4v) is 6.42. The molecule has 7 nitrogen and oxygen atoms in total. The molecule has 0 spiro atoms. The van der Waals surface area contributed by atoms with Crippen LogP contribution in [0.3, 0.4) is 0 Å². The summed E-state index contributed by atoms with van der Waals surface area (Å²) < 4.78 is 13.7. The van der Waals surface area contributed by atoms with E-state index in [4.69, 9.17) is 26.1 Å². The van der Waals surface area contributed by atoms with Crippen LogP contribution in [0, 0.1) is 0 Å². The number of nitrogens with one attached hydrogen (secondary N) is 1. The van der Waals surface area contributed by atoms with Crippen molar-refractivity contribution in [3.63, 3.8) is 0 Å². The van der Waals surface area contributed by atoms with Crippen LogP contribution < -0.4 is 29.7 Å². The number of halogens is 1. The minimum absolute atomic E-state index is 0.238. The van der Waals surface area contributed by atoms with Gasteiger partial charge in [0.15, 0.2) is 4.80 Å². The van der Waals surface area contributed by atoms with Crippen molar-refractivity contribution in [3.05, 3.63) is 156 Å². The summed E-state index contributed by atoms with van der Waals surface area (Å²) in [7, 11) is 0. The van der Waals surface area contributed by atoms with Crippen LogP contribution in [0.4, 0.5) is 5.69 Å². The van der Waals surface area contributed by atoms with Crippen LogP contribution in [0.15, 0.2) is 124 Å². The maximum atomic E-state index is 14.1. The molecule has 1 amide bonds. The second-order valence-electron chi connectivity index (χ2n) is 10.4. The Morgan fingerprint density at radius 3 is 2.47 bits per heavy atom. The lowest BCUT2D eigenvalue weighted by atomic mass is 9.95. The summed E-state index contributed by atoms with van der Waals surface area (Å²) in [4.78, 5) is 33.1. The van der Waals surface area contributed by atoms with Gasteiger partial charge in [0, 0.05) is 16.3 Å². The van der Waals surface area contributed by atoms with Crippen molar-refractivity contribution in [2.24, 2.45) is 4.99 Å². The van der Waals surface area contributed by atoms with Gasteiger partial charge in [0.2, 0.25) is 0 Å². The second-order valence-corrected chi connectivity index (χ2v) is 11.8. The zero-order chi connectivity index (χ0) is 31.3. The number of nitrogens with zero attached hydrogens (tertiary/aromatic N) is 2. The van der Waals surface area contributed by atoms with Crippen LogP contribution in [0.1, 0.15) is 36.6 Å². The molecule has 2 heterocycles. The van der Waals surface area contributed by atoms with Crippen LogP contribution in [0.2, 0.25) is 5.02 Å². The van der Waals surface area contributed by atoms with Crippen molar-refractivity contribution in [1.29, 1.82) is 0 Å². The molecule has 9 heteroatoms. The van der Waals surface area contributed by atoms with Gasteiger partial charge in [-0.05, 0) is 73.5 Å². The molecule has 0 radical (unpaired) electrons. The maximum absolute atomic E-state index is 14.1. The Hall–Kier alpha value is -4.92. The van der Waals surface area contributed by atoms with Crippen molar-refractivity contribution in [2.45, 2.75) is 26.5 Å². The fourth-order valence-electron chi connectivity index (χ4n) is 5.18. The topological polar surface area (TPSA) is 81.9 Å². The van der Waals surface area contributed by atoms with E-state index in [-0.39, 0.29) is 11.5 Å². The first-order valence-electron chi connectivity index (χ1n) is 14.5. The third kappa shape index (κ3) is 6.62. The van der Waals surface area contributed by atoms with Gasteiger partial charge in [-0.1, -0.05) is 83.6 Å². The summed E-state index contributed by atoms with van der Waals surface area (Å²) in [6, 6.07) is 31.1. The fraction of sp³-hybridized carbons (Fsp3) is 0.139. The van der Waals surface area contributed by atoms with Gasteiger partial charge in [0.25, 0.3) is 11.5 Å². The molecule has 1 aromatic heterocycles. The van der Waals surface area contributed by atoms with E-state index < -0.39 is 6.04 Å². The Morgan fingerprint density at radius 2 is 1.71 bits per heavy atom. The average Bonchev–Trinajstić information content (AvgIpc) is 3.34. The van der Waals surface area contributed by atoms with Gasteiger partial charge >= 0.3 is 0 Å². The van der Waals surface area contributed by atoms with E-state index >= 15 is 0 Å². The summed E-state index contributed by atoms with van der Waals surface area (Å²) in [5, 5.41) is 3.62. The molecule has 6 rings (SSSR count). The van der Waals surface area contributed by atoms with Crippen molar-refractivity contribution in [2.75, 3.05) is 11.9 Å². The molecule has 226 valence electrons. The molecule has 0 fully saturated rings. The molecule has 4 aromatic carbocycles. The molecular formula is C36H30ClN3O4S. The number of para-hydroxylation sites is 1. The Bertz CT molecular complexity index is 2070. The molecule has 0 aliphatic carbocycles. The number of fused-ring (bicyclic) bond motifs is 1. The Morgan fingerprint density at radius 1 is 0.956 bits per heavy atom. The third-order valence-corrected chi connectivity index (χ3v) is 8.66. The number of allylic oxidation sites excluding steroid dienone is 1. The number of hydrogen-bond acceptors (Lipinski definition) is 6. The lowest BCUT2D eigenvalue weighted by Gasteiger charge is -2.25. The largest absolute Gasteiger partial charge is 0.494 e. The number of carbonyl (C=O) groups is 1. The summed E-state index contributed by atoms with van der Waals surface area (Å²) in [6.07, 6.45) is 1.82. The van der Waals surface area contributed by atoms with Gasteiger partial charge in [-0.3, -0.25) is 14.2 Å². The average molecular weight is 636 g/mol. The van der Waals surface area contributed by atoms with E-state index in [1.807, 2.05) is 116 Å². The van der Waals surface area contributed by atoms with Gasteiger partial charge in [-0.2, -0.15) is 0 Å². The molecule has 45 heavy (non-hydrogen) atoms. The van der Waals surface area contributed by atoms with Crippen LogP contribution in [0.5, 0.6) is 11.5 Å². The van der Waals surface area contributed by atoms with Crippen molar-refractivity contribution in [3.8, 4) is 11.5 Å². The van der Waals surface area contributed by atoms with E-state index in [9.17, 15) is 9.59 Å². The van der Waals surface area contributed by atoms with Crippen LogP contribution in [0.25, 0.3) is 6.08 Å². The van der Waals surface area contributed by atoms with E-state index in [0.29, 0.717) is 56.0 Å². The van der Waals surface area contributed by atoms with Crippen molar-refractivity contribution >= 4 is 40.6 Å².